The maximum atomic E-state index is 6.31. The van der Waals surface area contributed by atoms with Crippen LogP contribution in [0.15, 0.2) is 23.8 Å². The molecule has 0 fully saturated rings. The van der Waals surface area contributed by atoms with E-state index in [0.29, 0.717) is 0 Å². The van der Waals surface area contributed by atoms with Crippen molar-refractivity contribution in [1.29, 1.82) is 0 Å². The van der Waals surface area contributed by atoms with Crippen LogP contribution in [0.4, 0.5) is 0 Å². The van der Waals surface area contributed by atoms with Crippen molar-refractivity contribution in [2.75, 3.05) is 0 Å². The Morgan fingerprint density at radius 2 is 1.95 bits per heavy atom. The third kappa shape index (κ3) is 2.18. The van der Waals surface area contributed by atoms with Gasteiger partial charge < -0.3 is 0 Å². The molecule has 0 spiro atoms. The average molecular weight is 309 g/mol. The van der Waals surface area contributed by atoms with Crippen LogP contribution < -0.4 is 0 Å². The van der Waals surface area contributed by atoms with Crippen LogP contribution in [0.3, 0.4) is 0 Å². The molecule has 98 valence electrons. The lowest BCUT2D eigenvalue weighted by atomic mass is 9.86. The molecular weight excluding hydrogens is 296 g/mol. The lowest BCUT2D eigenvalue weighted by molar-refractivity contribution is 0.598. The number of nitrogens with zero attached hydrogens (tertiary/aromatic N) is 2. The molecule has 0 unspecified atom stereocenters. The maximum Gasteiger partial charge on any atom is 0.133 e. The van der Waals surface area contributed by atoms with Gasteiger partial charge in [0.25, 0.3) is 0 Å². The zero-order valence-corrected chi connectivity index (χ0v) is 13.3. The third-order valence-electron chi connectivity index (χ3n) is 2.90. The van der Waals surface area contributed by atoms with E-state index in [2.05, 4.69) is 30.7 Å². The number of fused-ring (bicyclic) bond motifs is 1. The SMILES string of the molecule is CC(C)(C)c1c(-c2nccs2)sc2c(Cl)ccnc12. The Balaban J connectivity index is 2.42. The zero-order valence-electron chi connectivity index (χ0n) is 10.9. The molecule has 0 aliphatic rings. The van der Waals surface area contributed by atoms with Gasteiger partial charge in [0.05, 0.1) is 20.1 Å². The fraction of sp³-hybridized carbons (Fsp3) is 0.286. The number of hydrogen-bond acceptors (Lipinski definition) is 4. The summed E-state index contributed by atoms with van der Waals surface area (Å²) in [7, 11) is 0. The molecule has 0 aliphatic heterocycles. The topological polar surface area (TPSA) is 25.8 Å². The smallest absolute Gasteiger partial charge is 0.133 e. The van der Waals surface area contributed by atoms with Crippen LogP contribution in [0.5, 0.6) is 0 Å². The van der Waals surface area contributed by atoms with Gasteiger partial charge in [-0.25, -0.2) is 4.98 Å². The van der Waals surface area contributed by atoms with Gasteiger partial charge >= 0.3 is 0 Å². The number of rotatable bonds is 1. The minimum atomic E-state index is 0.0108. The van der Waals surface area contributed by atoms with Gasteiger partial charge in [-0.3, -0.25) is 4.98 Å². The summed E-state index contributed by atoms with van der Waals surface area (Å²) in [4.78, 5) is 10.2. The van der Waals surface area contributed by atoms with Crippen molar-refractivity contribution in [2.24, 2.45) is 0 Å². The summed E-state index contributed by atoms with van der Waals surface area (Å²) >= 11 is 9.65. The van der Waals surface area contributed by atoms with E-state index in [1.54, 1.807) is 28.9 Å². The predicted molar refractivity (Wildman–Crippen MR) is 84.4 cm³/mol. The molecule has 3 aromatic rings. The Labute approximate surface area is 125 Å². The first-order chi connectivity index (χ1) is 8.98. The Kier molecular flexibility index (Phi) is 3.12. The third-order valence-corrected chi connectivity index (χ3v) is 5.47. The number of thiazole rings is 1. The summed E-state index contributed by atoms with van der Waals surface area (Å²) in [5.41, 5.74) is 2.26. The molecule has 0 saturated carbocycles. The minimum absolute atomic E-state index is 0.0108. The second kappa shape index (κ2) is 4.54. The maximum absolute atomic E-state index is 6.31. The predicted octanol–water partition coefficient (Wildman–Crippen LogP) is 5.37. The number of thiophene rings is 1. The molecule has 0 aromatic carbocycles. The van der Waals surface area contributed by atoms with E-state index in [9.17, 15) is 0 Å². The molecule has 0 radical (unpaired) electrons. The Morgan fingerprint density at radius 1 is 1.16 bits per heavy atom. The second-order valence-electron chi connectivity index (χ2n) is 5.36. The van der Waals surface area contributed by atoms with Crippen LogP contribution in [0, 0.1) is 0 Å². The normalized spacial score (nSPS) is 12.2. The summed E-state index contributed by atoms with van der Waals surface area (Å²) in [5, 5.41) is 3.81. The number of halogens is 1. The van der Waals surface area contributed by atoms with Crippen LogP contribution >= 0.6 is 34.3 Å². The van der Waals surface area contributed by atoms with E-state index in [-0.39, 0.29) is 5.41 Å². The summed E-state index contributed by atoms with van der Waals surface area (Å²) in [6.07, 6.45) is 3.62. The van der Waals surface area contributed by atoms with Gasteiger partial charge in [-0.05, 0) is 11.5 Å². The monoisotopic (exact) mass is 308 g/mol. The van der Waals surface area contributed by atoms with Gasteiger partial charge in [-0.2, -0.15) is 0 Å². The fourth-order valence-electron chi connectivity index (χ4n) is 2.14. The first-order valence-corrected chi connectivity index (χ1v) is 8.03. The summed E-state index contributed by atoms with van der Waals surface area (Å²) in [6, 6.07) is 1.85. The highest BCUT2D eigenvalue weighted by molar-refractivity contribution is 7.26. The second-order valence-corrected chi connectivity index (χ2v) is 7.69. The van der Waals surface area contributed by atoms with Crippen molar-refractivity contribution >= 4 is 44.5 Å². The summed E-state index contributed by atoms with van der Waals surface area (Å²) in [5.74, 6) is 0. The Hall–Kier alpha value is -0.970. The standard InChI is InChI=1S/C14H13ClN2S2/c1-14(2,3)9-10-11(8(15)4-5-16-10)19-12(9)13-17-6-7-18-13/h4-7H,1-3H3. The fourth-order valence-corrected chi connectivity index (χ4v) is 4.52. The van der Waals surface area contributed by atoms with Crippen LogP contribution in [0.1, 0.15) is 26.3 Å². The van der Waals surface area contributed by atoms with Gasteiger partial charge in [-0.1, -0.05) is 32.4 Å². The van der Waals surface area contributed by atoms with Gasteiger partial charge in [0.15, 0.2) is 0 Å². The highest BCUT2D eigenvalue weighted by Gasteiger charge is 2.27. The molecule has 0 saturated heterocycles. The number of aromatic nitrogens is 2. The van der Waals surface area contributed by atoms with Crippen molar-refractivity contribution in [2.45, 2.75) is 26.2 Å². The highest BCUT2D eigenvalue weighted by atomic mass is 35.5. The minimum Gasteiger partial charge on any atom is -0.255 e. The summed E-state index contributed by atoms with van der Waals surface area (Å²) in [6.45, 7) is 6.61. The molecular formula is C14H13ClN2S2. The summed E-state index contributed by atoms with van der Waals surface area (Å²) < 4.78 is 1.05. The Bertz CT molecular complexity index is 724. The molecule has 0 bridgehead atoms. The van der Waals surface area contributed by atoms with Gasteiger partial charge in [-0.15, -0.1) is 22.7 Å². The van der Waals surface area contributed by atoms with Crippen molar-refractivity contribution in [1.82, 2.24) is 9.97 Å². The van der Waals surface area contributed by atoms with Crippen LogP contribution in [0.25, 0.3) is 20.1 Å². The van der Waals surface area contributed by atoms with Gasteiger partial charge in [0.1, 0.15) is 5.01 Å². The van der Waals surface area contributed by atoms with E-state index >= 15 is 0 Å². The molecule has 0 amide bonds. The first kappa shape index (κ1) is 13.0. The zero-order chi connectivity index (χ0) is 13.6. The number of hydrogen-bond donors (Lipinski definition) is 0. The molecule has 2 nitrogen and oxygen atoms in total. The van der Waals surface area contributed by atoms with Crippen LogP contribution in [0.2, 0.25) is 5.02 Å². The van der Waals surface area contributed by atoms with E-state index in [1.807, 2.05) is 17.6 Å². The molecule has 0 aliphatic carbocycles. The first-order valence-electron chi connectivity index (χ1n) is 5.96. The molecule has 3 heterocycles. The van der Waals surface area contributed by atoms with Crippen molar-refractivity contribution in [3.8, 4) is 9.88 Å². The molecule has 3 aromatic heterocycles. The Morgan fingerprint density at radius 3 is 2.58 bits per heavy atom. The van der Waals surface area contributed by atoms with E-state index in [0.717, 1.165) is 20.2 Å². The molecule has 0 N–H and O–H groups in total. The van der Waals surface area contributed by atoms with Gasteiger partial charge in [0, 0.05) is 23.3 Å². The van der Waals surface area contributed by atoms with Crippen molar-refractivity contribution < 1.29 is 0 Å². The van der Waals surface area contributed by atoms with Crippen LogP contribution in [-0.4, -0.2) is 9.97 Å². The lowest BCUT2D eigenvalue weighted by Gasteiger charge is -2.19. The molecule has 3 rings (SSSR count). The highest BCUT2D eigenvalue weighted by Crippen LogP contribution is 2.46. The molecule has 19 heavy (non-hydrogen) atoms. The van der Waals surface area contributed by atoms with Crippen molar-refractivity contribution in [3.05, 3.63) is 34.4 Å². The molecule has 5 heteroatoms. The largest absolute Gasteiger partial charge is 0.255 e. The van der Waals surface area contributed by atoms with Crippen molar-refractivity contribution in [3.63, 3.8) is 0 Å². The van der Waals surface area contributed by atoms with Gasteiger partial charge in [0.2, 0.25) is 0 Å². The van der Waals surface area contributed by atoms with Crippen LogP contribution in [-0.2, 0) is 5.41 Å². The van der Waals surface area contributed by atoms with E-state index in [1.165, 1.54) is 10.4 Å². The number of pyridine rings is 1. The lowest BCUT2D eigenvalue weighted by Crippen LogP contribution is -2.11. The quantitative estimate of drug-likeness (QED) is 0.604. The van der Waals surface area contributed by atoms with E-state index < -0.39 is 0 Å². The molecule has 0 atom stereocenters. The average Bonchev–Trinajstić information content (AvgIpc) is 2.94. The van der Waals surface area contributed by atoms with E-state index in [4.69, 9.17) is 11.6 Å².